The van der Waals surface area contributed by atoms with Gasteiger partial charge in [-0.05, 0) is 24.8 Å². The molecule has 0 radical (unpaired) electrons. The van der Waals surface area contributed by atoms with E-state index >= 15 is 0 Å². The Balaban J connectivity index is 1.68. The van der Waals surface area contributed by atoms with Gasteiger partial charge in [0, 0.05) is 12.7 Å². The van der Waals surface area contributed by atoms with Crippen molar-refractivity contribution >= 4 is 24.0 Å². The van der Waals surface area contributed by atoms with Gasteiger partial charge in [0.05, 0.1) is 12.5 Å². The van der Waals surface area contributed by atoms with Crippen LogP contribution in [-0.4, -0.2) is 62.6 Å². The van der Waals surface area contributed by atoms with E-state index < -0.39 is 12.0 Å². The number of nitrogens with one attached hydrogen (secondary N) is 2. The van der Waals surface area contributed by atoms with Crippen molar-refractivity contribution in [1.82, 2.24) is 25.5 Å². The number of amides is 3. The Morgan fingerprint density at radius 2 is 2.18 bits per heavy atom. The molecule has 3 N–H and O–H groups in total. The minimum atomic E-state index is -0.683. The quantitative estimate of drug-likeness (QED) is 0.336. The first-order valence-electron chi connectivity index (χ1n) is 9.62. The number of aromatic nitrogens is 2. The smallest absolute Gasteiger partial charge is 0.250 e. The fourth-order valence-electron chi connectivity index (χ4n) is 3.98. The van der Waals surface area contributed by atoms with Gasteiger partial charge < -0.3 is 5.32 Å². The SMILES string of the molecule is O=CN(O)CC(CC1CCCC1)C(=O)N1NCC[C@H]1C(=O)Nc1ccncn1. The van der Waals surface area contributed by atoms with Crippen molar-refractivity contribution in [2.75, 3.05) is 18.4 Å². The molecule has 152 valence electrons. The van der Waals surface area contributed by atoms with Crippen molar-refractivity contribution in [2.45, 2.75) is 44.6 Å². The molecule has 0 aromatic carbocycles. The van der Waals surface area contributed by atoms with Gasteiger partial charge in [-0.25, -0.2) is 20.5 Å². The lowest BCUT2D eigenvalue weighted by Crippen LogP contribution is -2.51. The first-order chi connectivity index (χ1) is 13.6. The molecule has 2 atom stereocenters. The predicted molar refractivity (Wildman–Crippen MR) is 98.5 cm³/mol. The summed E-state index contributed by atoms with van der Waals surface area (Å²) >= 11 is 0. The summed E-state index contributed by atoms with van der Waals surface area (Å²) < 4.78 is 0. The highest BCUT2D eigenvalue weighted by Gasteiger charge is 2.39. The maximum absolute atomic E-state index is 13.2. The summed E-state index contributed by atoms with van der Waals surface area (Å²) in [6, 6.07) is 0.889. The highest BCUT2D eigenvalue weighted by atomic mass is 16.5. The van der Waals surface area contributed by atoms with E-state index in [1.807, 2.05) is 0 Å². The second kappa shape index (κ2) is 9.56. The second-order valence-corrected chi connectivity index (χ2v) is 7.32. The van der Waals surface area contributed by atoms with Crippen LogP contribution in [0.25, 0.3) is 0 Å². The normalized spacial score (nSPS) is 20.8. The Labute approximate surface area is 163 Å². The minimum Gasteiger partial charge on any atom is -0.309 e. The molecule has 2 fully saturated rings. The van der Waals surface area contributed by atoms with Gasteiger partial charge in [0.15, 0.2) is 0 Å². The minimum absolute atomic E-state index is 0.0860. The molecular weight excluding hydrogens is 364 g/mol. The van der Waals surface area contributed by atoms with E-state index in [0.29, 0.717) is 42.6 Å². The van der Waals surface area contributed by atoms with Crippen LogP contribution in [0.4, 0.5) is 5.82 Å². The maximum Gasteiger partial charge on any atom is 0.250 e. The fourth-order valence-corrected chi connectivity index (χ4v) is 3.98. The summed E-state index contributed by atoms with van der Waals surface area (Å²) in [4.78, 5) is 44.4. The number of hydrazine groups is 1. The van der Waals surface area contributed by atoms with Gasteiger partial charge in [0.25, 0.3) is 0 Å². The monoisotopic (exact) mass is 390 g/mol. The summed E-state index contributed by atoms with van der Waals surface area (Å²) in [5.74, 6) is -0.437. The molecule has 3 amide bonds. The standard InChI is InChI=1S/C18H26N6O4/c25-12-23(28)10-14(9-13-3-1-2-4-13)18(27)24-15(5-8-21-24)17(26)22-16-6-7-19-11-20-16/h6-7,11-15,21,28H,1-5,8-10H2,(H,19,20,22,26)/t14?,15-/m0/s1. The summed E-state index contributed by atoms with van der Waals surface area (Å²) in [5.41, 5.74) is 2.97. The van der Waals surface area contributed by atoms with E-state index in [-0.39, 0.29) is 18.4 Å². The van der Waals surface area contributed by atoms with Crippen molar-refractivity contribution in [2.24, 2.45) is 11.8 Å². The van der Waals surface area contributed by atoms with Crippen molar-refractivity contribution in [1.29, 1.82) is 0 Å². The highest BCUT2D eigenvalue weighted by Crippen LogP contribution is 2.31. The average molecular weight is 390 g/mol. The van der Waals surface area contributed by atoms with Crippen molar-refractivity contribution in [3.8, 4) is 0 Å². The summed E-state index contributed by atoms with van der Waals surface area (Å²) in [6.45, 7) is 0.400. The Morgan fingerprint density at radius 3 is 2.86 bits per heavy atom. The van der Waals surface area contributed by atoms with Crippen molar-refractivity contribution < 1.29 is 19.6 Å². The van der Waals surface area contributed by atoms with E-state index in [1.54, 1.807) is 6.07 Å². The van der Waals surface area contributed by atoms with Crippen molar-refractivity contribution in [3.63, 3.8) is 0 Å². The highest BCUT2D eigenvalue weighted by molar-refractivity contribution is 5.97. The zero-order valence-corrected chi connectivity index (χ0v) is 15.7. The van der Waals surface area contributed by atoms with Crippen LogP contribution in [0, 0.1) is 11.8 Å². The number of hydrogen-bond acceptors (Lipinski definition) is 7. The van der Waals surface area contributed by atoms with Gasteiger partial charge in [0.2, 0.25) is 18.2 Å². The number of rotatable bonds is 8. The van der Waals surface area contributed by atoms with Crippen molar-refractivity contribution in [3.05, 3.63) is 18.6 Å². The van der Waals surface area contributed by atoms with E-state index in [0.717, 1.165) is 25.7 Å². The van der Waals surface area contributed by atoms with Gasteiger partial charge >= 0.3 is 0 Å². The van der Waals surface area contributed by atoms with Gasteiger partial charge in [-0.15, -0.1) is 0 Å². The molecule has 10 nitrogen and oxygen atoms in total. The second-order valence-electron chi connectivity index (χ2n) is 7.32. The molecular formula is C18H26N6O4. The molecule has 28 heavy (non-hydrogen) atoms. The molecule has 0 bridgehead atoms. The summed E-state index contributed by atoms with van der Waals surface area (Å²) in [5, 5.41) is 14.2. The number of nitrogens with zero attached hydrogens (tertiary/aromatic N) is 4. The molecule has 3 rings (SSSR count). The van der Waals surface area contributed by atoms with E-state index in [4.69, 9.17) is 0 Å². The third-order valence-corrected chi connectivity index (χ3v) is 5.36. The molecule has 1 aromatic heterocycles. The zero-order chi connectivity index (χ0) is 19.9. The molecule has 1 unspecified atom stereocenters. The number of anilines is 1. The van der Waals surface area contributed by atoms with E-state index in [2.05, 4.69) is 20.7 Å². The fraction of sp³-hybridized carbons (Fsp3) is 0.611. The summed E-state index contributed by atoms with van der Waals surface area (Å²) in [7, 11) is 0. The van der Waals surface area contributed by atoms with Crippen LogP contribution in [0.2, 0.25) is 0 Å². The van der Waals surface area contributed by atoms with E-state index in [1.165, 1.54) is 17.5 Å². The zero-order valence-electron chi connectivity index (χ0n) is 15.7. The number of carbonyl (C=O) groups is 3. The Hall–Kier alpha value is -2.59. The van der Waals surface area contributed by atoms with E-state index in [9.17, 15) is 19.6 Å². The van der Waals surface area contributed by atoms with Crippen LogP contribution >= 0.6 is 0 Å². The number of carbonyl (C=O) groups excluding carboxylic acids is 3. The molecule has 1 aliphatic heterocycles. The van der Waals surface area contributed by atoms with Crippen LogP contribution in [0.5, 0.6) is 0 Å². The van der Waals surface area contributed by atoms with Crippen LogP contribution < -0.4 is 10.7 Å². The molecule has 1 saturated heterocycles. The number of hydroxylamine groups is 2. The molecule has 1 saturated carbocycles. The Morgan fingerprint density at radius 1 is 1.39 bits per heavy atom. The first kappa shape index (κ1) is 20.2. The van der Waals surface area contributed by atoms with Gasteiger partial charge in [-0.1, -0.05) is 25.7 Å². The lowest BCUT2D eigenvalue weighted by molar-refractivity contribution is -0.159. The molecule has 1 aliphatic carbocycles. The lowest BCUT2D eigenvalue weighted by Gasteiger charge is -2.29. The molecule has 1 aromatic rings. The van der Waals surface area contributed by atoms with Gasteiger partial charge in [-0.2, -0.15) is 0 Å². The molecule has 2 heterocycles. The molecule has 0 spiro atoms. The van der Waals surface area contributed by atoms with Crippen LogP contribution in [-0.2, 0) is 14.4 Å². The maximum atomic E-state index is 13.2. The lowest BCUT2D eigenvalue weighted by atomic mass is 9.92. The predicted octanol–water partition coefficient (Wildman–Crippen LogP) is 0.565. The Kier molecular flexibility index (Phi) is 6.88. The first-order valence-corrected chi connectivity index (χ1v) is 9.62. The number of hydrogen-bond donors (Lipinski definition) is 3. The largest absolute Gasteiger partial charge is 0.309 e. The van der Waals surface area contributed by atoms with Crippen LogP contribution in [0.3, 0.4) is 0 Å². The summed E-state index contributed by atoms with van der Waals surface area (Å²) in [6.07, 6.45) is 8.55. The third-order valence-electron chi connectivity index (χ3n) is 5.36. The third kappa shape index (κ3) is 5.02. The molecule has 2 aliphatic rings. The van der Waals surface area contributed by atoms with Gasteiger partial charge in [-0.3, -0.25) is 24.6 Å². The average Bonchev–Trinajstić information content (AvgIpc) is 3.39. The molecule has 10 heteroatoms. The van der Waals surface area contributed by atoms with Crippen LogP contribution in [0.1, 0.15) is 38.5 Å². The van der Waals surface area contributed by atoms with Crippen LogP contribution in [0.15, 0.2) is 18.6 Å². The van der Waals surface area contributed by atoms with Gasteiger partial charge in [0.1, 0.15) is 18.2 Å². The topological polar surface area (TPSA) is 128 Å². The Bertz CT molecular complexity index is 682.